The van der Waals surface area contributed by atoms with Crippen LogP contribution < -0.4 is 10.3 Å². The van der Waals surface area contributed by atoms with E-state index in [1.807, 2.05) is 19.9 Å². The van der Waals surface area contributed by atoms with E-state index in [-0.39, 0.29) is 22.9 Å². The van der Waals surface area contributed by atoms with Crippen LogP contribution in [0.1, 0.15) is 37.6 Å². The number of nitro groups is 1. The molecule has 0 radical (unpaired) electrons. The van der Waals surface area contributed by atoms with Crippen molar-refractivity contribution in [2.24, 2.45) is 5.10 Å². The number of benzene rings is 2. The van der Waals surface area contributed by atoms with Crippen LogP contribution in [0.4, 0.5) is 5.69 Å². The van der Waals surface area contributed by atoms with Crippen molar-refractivity contribution in [1.82, 2.24) is 9.66 Å². The lowest BCUT2D eigenvalue weighted by Crippen LogP contribution is -2.23. The van der Waals surface area contributed by atoms with Gasteiger partial charge in [0.2, 0.25) is 5.75 Å². The Kier molecular flexibility index (Phi) is 6.67. The molecule has 0 saturated carbocycles. The number of methoxy groups -OCH3 is 1. The van der Waals surface area contributed by atoms with E-state index in [4.69, 9.17) is 4.74 Å². The molecule has 0 N–H and O–H groups in total. The quantitative estimate of drug-likeness (QED) is 0.243. The molecular formula is C20H18Br2N4O4. The molecule has 0 amide bonds. The molecule has 1 atom stereocenters. The normalized spacial score (nSPS) is 12.4. The SMILES string of the molecule is CC[C@H](C)c1nc2ccc(Br)cc2c(=O)n1N=Cc1cc(Br)cc([N+](=O)[O-])c1OC. The van der Waals surface area contributed by atoms with E-state index in [1.165, 1.54) is 24.1 Å². The Morgan fingerprint density at radius 2 is 2.03 bits per heavy atom. The second kappa shape index (κ2) is 9.05. The molecule has 0 fully saturated rings. The van der Waals surface area contributed by atoms with Gasteiger partial charge in [-0.1, -0.05) is 45.7 Å². The zero-order valence-electron chi connectivity index (χ0n) is 16.4. The first-order valence-electron chi connectivity index (χ1n) is 9.05. The Hall–Kier alpha value is -2.59. The summed E-state index contributed by atoms with van der Waals surface area (Å²) < 4.78 is 7.73. The van der Waals surface area contributed by atoms with Crippen molar-refractivity contribution >= 4 is 54.7 Å². The molecule has 0 spiro atoms. The molecule has 3 aromatic rings. The van der Waals surface area contributed by atoms with Gasteiger partial charge in [0, 0.05) is 26.5 Å². The maximum absolute atomic E-state index is 13.2. The van der Waals surface area contributed by atoms with E-state index in [9.17, 15) is 14.9 Å². The smallest absolute Gasteiger partial charge is 0.312 e. The Morgan fingerprint density at radius 1 is 1.30 bits per heavy atom. The van der Waals surface area contributed by atoms with Crippen LogP contribution in [0, 0.1) is 10.1 Å². The molecule has 8 nitrogen and oxygen atoms in total. The minimum absolute atomic E-state index is 0.0263. The van der Waals surface area contributed by atoms with Crippen LogP contribution >= 0.6 is 31.9 Å². The van der Waals surface area contributed by atoms with E-state index in [0.29, 0.717) is 26.8 Å². The van der Waals surface area contributed by atoms with Gasteiger partial charge < -0.3 is 4.74 Å². The molecule has 3 rings (SSSR count). The highest BCUT2D eigenvalue weighted by atomic mass is 79.9. The molecular weight excluding hydrogens is 520 g/mol. The first-order valence-corrected chi connectivity index (χ1v) is 10.6. The average molecular weight is 538 g/mol. The summed E-state index contributed by atoms with van der Waals surface area (Å²) >= 11 is 6.64. The number of ether oxygens (including phenoxy) is 1. The summed E-state index contributed by atoms with van der Waals surface area (Å²) in [5.74, 6) is 0.542. The fourth-order valence-corrected chi connectivity index (χ4v) is 3.78. The van der Waals surface area contributed by atoms with Crippen LogP contribution in [0.3, 0.4) is 0 Å². The lowest BCUT2D eigenvalue weighted by Gasteiger charge is -2.14. The number of aromatic nitrogens is 2. The summed E-state index contributed by atoms with van der Waals surface area (Å²) in [7, 11) is 1.35. The van der Waals surface area contributed by atoms with Gasteiger partial charge in [0.15, 0.2) is 0 Å². The molecule has 0 aliphatic carbocycles. The number of hydrogen-bond acceptors (Lipinski definition) is 6. The fraction of sp³-hybridized carbons (Fsp3) is 0.250. The van der Waals surface area contributed by atoms with Gasteiger partial charge in [-0.15, -0.1) is 0 Å². The van der Waals surface area contributed by atoms with Crippen molar-refractivity contribution in [3.8, 4) is 5.75 Å². The molecule has 0 aliphatic heterocycles. The van der Waals surface area contributed by atoms with Gasteiger partial charge in [0.05, 0.1) is 29.2 Å². The summed E-state index contributed by atoms with van der Waals surface area (Å²) in [6.45, 7) is 3.96. The number of hydrogen-bond donors (Lipinski definition) is 0. The largest absolute Gasteiger partial charge is 0.490 e. The van der Waals surface area contributed by atoms with Crippen molar-refractivity contribution in [2.45, 2.75) is 26.2 Å². The molecule has 1 aromatic heterocycles. The summed E-state index contributed by atoms with van der Waals surface area (Å²) in [6.07, 6.45) is 2.13. The van der Waals surface area contributed by atoms with Crippen molar-refractivity contribution < 1.29 is 9.66 Å². The highest BCUT2D eigenvalue weighted by Gasteiger charge is 2.20. The molecule has 2 aromatic carbocycles. The number of fused-ring (bicyclic) bond motifs is 1. The lowest BCUT2D eigenvalue weighted by molar-refractivity contribution is -0.385. The summed E-state index contributed by atoms with van der Waals surface area (Å²) in [5.41, 5.74) is 0.412. The topological polar surface area (TPSA) is 99.6 Å². The minimum Gasteiger partial charge on any atom is -0.490 e. The predicted molar refractivity (Wildman–Crippen MR) is 123 cm³/mol. The number of halogens is 2. The van der Waals surface area contributed by atoms with Crippen LogP contribution in [0.2, 0.25) is 0 Å². The molecule has 30 heavy (non-hydrogen) atoms. The molecule has 0 unspecified atom stereocenters. The molecule has 10 heteroatoms. The highest BCUT2D eigenvalue weighted by molar-refractivity contribution is 9.10. The third-order valence-electron chi connectivity index (χ3n) is 4.66. The van der Waals surface area contributed by atoms with Gasteiger partial charge in [-0.2, -0.15) is 9.78 Å². The monoisotopic (exact) mass is 536 g/mol. The summed E-state index contributed by atoms with van der Waals surface area (Å²) in [6, 6.07) is 8.29. The van der Waals surface area contributed by atoms with Gasteiger partial charge in [0.1, 0.15) is 5.82 Å². The van der Waals surface area contributed by atoms with E-state index >= 15 is 0 Å². The second-order valence-corrected chi connectivity index (χ2v) is 8.44. The van der Waals surface area contributed by atoms with Crippen LogP contribution in [-0.4, -0.2) is 27.9 Å². The molecule has 1 heterocycles. The first kappa shape index (κ1) is 22.1. The lowest BCUT2D eigenvalue weighted by atomic mass is 10.1. The number of rotatable bonds is 6. The summed E-state index contributed by atoms with van der Waals surface area (Å²) in [5, 5.41) is 16.1. The maximum Gasteiger partial charge on any atom is 0.312 e. The number of nitro benzene ring substituents is 1. The van der Waals surface area contributed by atoms with Crippen LogP contribution in [0.5, 0.6) is 5.75 Å². The molecule has 0 saturated heterocycles. The van der Waals surface area contributed by atoms with Crippen LogP contribution in [-0.2, 0) is 0 Å². The average Bonchev–Trinajstić information content (AvgIpc) is 2.72. The van der Waals surface area contributed by atoms with E-state index in [1.54, 1.807) is 18.2 Å². The first-order chi connectivity index (χ1) is 14.3. The van der Waals surface area contributed by atoms with Gasteiger partial charge in [-0.05, 0) is 30.7 Å². The van der Waals surface area contributed by atoms with E-state index in [0.717, 1.165) is 10.9 Å². The van der Waals surface area contributed by atoms with Gasteiger partial charge in [0.25, 0.3) is 5.56 Å². The van der Waals surface area contributed by atoms with Crippen molar-refractivity contribution in [2.75, 3.05) is 7.11 Å². The zero-order chi connectivity index (χ0) is 22.0. The van der Waals surface area contributed by atoms with E-state index in [2.05, 4.69) is 41.9 Å². The highest BCUT2D eigenvalue weighted by Crippen LogP contribution is 2.33. The molecule has 0 bridgehead atoms. The Balaban J connectivity index is 2.25. The zero-order valence-corrected chi connectivity index (χ0v) is 19.6. The van der Waals surface area contributed by atoms with Crippen LogP contribution in [0.25, 0.3) is 10.9 Å². The number of nitrogens with zero attached hydrogens (tertiary/aromatic N) is 4. The Bertz CT molecular complexity index is 1220. The minimum atomic E-state index is -0.535. The van der Waals surface area contributed by atoms with Crippen molar-refractivity contribution in [1.29, 1.82) is 0 Å². The standard InChI is InChI=1S/C20H18Br2N4O4/c1-4-11(2)19-24-16-6-5-13(21)8-15(16)20(27)25(19)23-10-12-7-14(22)9-17(26(28)29)18(12)30-3/h5-11H,4H2,1-3H3/t11-/m0/s1. The summed E-state index contributed by atoms with van der Waals surface area (Å²) in [4.78, 5) is 28.7. The Morgan fingerprint density at radius 3 is 2.67 bits per heavy atom. The molecule has 0 aliphatic rings. The third-order valence-corrected chi connectivity index (χ3v) is 5.61. The predicted octanol–water partition coefficient (Wildman–Crippen LogP) is 5.23. The molecule has 156 valence electrons. The Labute approximate surface area is 189 Å². The van der Waals surface area contributed by atoms with Gasteiger partial charge in [-0.3, -0.25) is 14.9 Å². The van der Waals surface area contributed by atoms with Crippen molar-refractivity contribution in [3.63, 3.8) is 0 Å². The van der Waals surface area contributed by atoms with Crippen LogP contribution in [0.15, 0.2) is 49.2 Å². The van der Waals surface area contributed by atoms with E-state index < -0.39 is 4.92 Å². The third kappa shape index (κ3) is 4.29. The maximum atomic E-state index is 13.2. The van der Waals surface area contributed by atoms with Crippen molar-refractivity contribution in [3.05, 3.63) is 71.1 Å². The fourth-order valence-electron chi connectivity index (χ4n) is 2.95. The van der Waals surface area contributed by atoms with Gasteiger partial charge in [-0.25, -0.2) is 4.98 Å². The second-order valence-electron chi connectivity index (χ2n) is 6.61. The van der Waals surface area contributed by atoms with Gasteiger partial charge >= 0.3 is 5.69 Å².